The Bertz CT molecular complexity index is 493. The van der Waals surface area contributed by atoms with Crippen molar-refractivity contribution in [1.29, 1.82) is 0 Å². The molecule has 2 N–H and O–H groups in total. The fourth-order valence-electron chi connectivity index (χ4n) is 3.20. The van der Waals surface area contributed by atoms with Crippen LogP contribution in [0.5, 0.6) is 0 Å². The first-order chi connectivity index (χ1) is 10.9. The highest BCUT2D eigenvalue weighted by Gasteiger charge is 2.38. The highest BCUT2D eigenvalue weighted by atomic mass is 32.2. The van der Waals surface area contributed by atoms with E-state index < -0.39 is 14.8 Å². The summed E-state index contributed by atoms with van der Waals surface area (Å²) in [6.07, 6.45) is 19.4. The van der Waals surface area contributed by atoms with Crippen LogP contribution < -0.4 is 5.14 Å². The Morgan fingerprint density at radius 1 is 1.00 bits per heavy atom. The summed E-state index contributed by atoms with van der Waals surface area (Å²) in [5, 5.41) is 5.50. The van der Waals surface area contributed by atoms with E-state index in [1.54, 1.807) is 0 Å². The van der Waals surface area contributed by atoms with Crippen LogP contribution in [0.3, 0.4) is 0 Å². The number of allylic oxidation sites excluding steroid dienone is 3. The van der Waals surface area contributed by atoms with Gasteiger partial charge in [0.1, 0.15) is 4.75 Å². The molecule has 1 unspecified atom stereocenters. The summed E-state index contributed by atoms with van der Waals surface area (Å²) >= 11 is 0. The summed E-state index contributed by atoms with van der Waals surface area (Å²) in [7, 11) is -3.55. The van der Waals surface area contributed by atoms with Crippen molar-refractivity contribution in [2.24, 2.45) is 5.14 Å². The SMILES string of the molecule is CCCCCCCCCCCCC1(S(N)(=O)=O)C=CC(C)=CC1. The maximum Gasteiger partial charge on any atom is 0.218 e. The third-order valence-electron chi connectivity index (χ3n) is 4.94. The molecule has 0 aliphatic heterocycles. The molecule has 3 nitrogen and oxygen atoms in total. The normalized spacial score (nSPS) is 21.4. The van der Waals surface area contributed by atoms with Crippen molar-refractivity contribution in [3.63, 3.8) is 0 Å². The second-order valence-electron chi connectivity index (χ2n) is 7.03. The fraction of sp³-hybridized carbons (Fsp3) is 0.789. The second kappa shape index (κ2) is 10.3. The molecule has 1 aliphatic carbocycles. The van der Waals surface area contributed by atoms with Crippen molar-refractivity contribution in [3.05, 3.63) is 23.8 Å². The number of sulfonamides is 1. The van der Waals surface area contributed by atoms with E-state index >= 15 is 0 Å². The Labute approximate surface area is 143 Å². The van der Waals surface area contributed by atoms with Crippen molar-refractivity contribution in [2.75, 3.05) is 0 Å². The Morgan fingerprint density at radius 3 is 1.96 bits per heavy atom. The highest BCUT2D eigenvalue weighted by Crippen LogP contribution is 2.33. The maximum absolute atomic E-state index is 12.0. The van der Waals surface area contributed by atoms with Gasteiger partial charge in [0.15, 0.2) is 0 Å². The molecule has 4 heteroatoms. The number of primary sulfonamides is 1. The average Bonchev–Trinajstić information content (AvgIpc) is 2.50. The quantitative estimate of drug-likeness (QED) is 0.494. The van der Waals surface area contributed by atoms with Gasteiger partial charge in [-0.3, -0.25) is 0 Å². The molecule has 0 aromatic heterocycles. The van der Waals surface area contributed by atoms with Gasteiger partial charge < -0.3 is 0 Å². The van der Waals surface area contributed by atoms with E-state index in [1.807, 2.05) is 25.2 Å². The highest BCUT2D eigenvalue weighted by molar-refractivity contribution is 7.90. The molecule has 0 amide bonds. The Kier molecular flexibility index (Phi) is 9.15. The van der Waals surface area contributed by atoms with Crippen LogP contribution in [0.25, 0.3) is 0 Å². The topological polar surface area (TPSA) is 60.2 Å². The number of hydrogen-bond donors (Lipinski definition) is 1. The first kappa shape index (κ1) is 20.4. The predicted octanol–water partition coefficient (Wildman–Crippen LogP) is 5.23. The van der Waals surface area contributed by atoms with Crippen molar-refractivity contribution in [3.8, 4) is 0 Å². The monoisotopic (exact) mass is 341 g/mol. The minimum Gasteiger partial charge on any atom is -0.228 e. The Hall–Kier alpha value is -0.610. The largest absolute Gasteiger partial charge is 0.228 e. The van der Waals surface area contributed by atoms with Gasteiger partial charge in [-0.1, -0.05) is 94.9 Å². The van der Waals surface area contributed by atoms with E-state index in [4.69, 9.17) is 5.14 Å². The zero-order chi connectivity index (χ0) is 17.2. The molecule has 0 aromatic rings. The molecule has 0 bridgehead atoms. The van der Waals surface area contributed by atoms with Crippen LogP contribution in [0.1, 0.15) is 90.9 Å². The predicted molar refractivity (Wildman–Crippen MR) is 99.8 cm³/mol. The number of rotatable bonds is 12. The summed E-state index contributed by atoms with van der Waals surface area (Å²) in [5.41, 5.74) is 1.12. The minimum atomic E-state index is -3.55. The van der Waals surface area contributed by atoms with E-state index in [-0.39, 0.29) is 0 Å². The average molecular weight is 342 g/mol. The Balaban J connectivity index is 2.22. The molecule has 0 heterocycles. The molecule has 0 saturated carbocycles. The van der Waals surface area contributed by atoms with Crippen molar-refractivity contribution in [1.82, 2.24) is 0 Å². The maximum atomic E-state index is 12.0. The molecule has 0 fully saturated rings. The lowest BCUT2D eigenvalue weighted by Gasteiger charge is -2.29. The van der Waals surface area contributed by atoms with E-state index in [9.17, 15) is 8.42 Å². The lowest BCUT2D eigenvalue weighted by molar-refractivity contribution is 0.497. The summed E-state index contributed by atoms with van der Waals surface area (Å²) in [4.78, 5) is 0. The van der Waals surface area contributed by atoms with Crippen LogP contribution in [-0.2, 0) is 10.0 Å². The van der Waals surface area contributed by atoms with E-state index in [0.29, 0.717) is 12.8 Å². The number of hydrogen-bond acceptors (Lipinski definition) is 2. The van der Waals surface area contributed by atoms with Gasteiger partial charge in [0, 0.05) is 0 Å². The van der Waals surface area contributed by atoms with Gasteiger partial charge in [0.05, 0.1) is 0 Å². The standard InChI is InChI=1S/C19H35NO2S/c1-3-4-5-6-7-8-9-10-11-12-15-19(23(20,21)22)16-13-18(2)14-17-19/h13-14,16H,3-12,15,17H2,1-2H3,(H2,20,21,22). The van der Waals surface area contributed by atoms with Crippen LogP contribution in [0, 0.1) is 0 Å². The van der Waals surface area contributed by atoms with Crippen LogP contribution in [-0.4, -0.2) is 13.2 Å². The zero-order valence-electron chi connectivity index (χ0n) is 15.0. The lowest BCUT2D eigenvalue weighted by atomic mass is 9.91. The smallest absolute Gasteiger partial charge is 0.218 e. The number of unbranched alkanes of at least 4 members (excludes halogenated alkanes) is 9. The molecule has 0 spiro atoms. The third-order valence-corrected chi connectivity index (χ3v) is 6.58. The van der Waals surface area contributed by atoms with Crippen LogP contribution in [0.2, 0.25) is 0 Å². The van der Waals surface area contributed by atoms with Gasteiger partial charge >= 0.3 is 0 Å². The van der Waals surface area contributed by atoms with Gasteiger partial charge in [-0.05, 0) is 19.8 Å². The molecule has 1 aliphatic rings. The molecule has 1 rings (SSSR count). The summed E-state index contributed by atoms with van der Waals surface area (Å²) < 4.78 is 23.1. The first-order valence-electron chi connectivity index (χ1n) is 9.29. The fourth-order valence-corrected chi connectivity index (χ4v) is 4.21. The summed E-state index contributed by atoms with van der Waals surface area (Å²) in [5.74, 6) is 0. The van der Waals surface area contributed by atoms with E-state index in [1.165, 1.54) is 51.4 Å². The van der Waals surface area contributed by atoms with Crippen molar-refractivity contribution >= 4 is 10.0 Å². The minimum absolute atomic E-state index is 0.519. The van der Waals surface area contributed by atoms with E-state index in [2.05, 4.69) is 6.92 Å². The van der Waals surface area contributed by atoms with Crippen LogP contribution in [0.15, 0.2) is 23.8 Å². The van der Waals surface area contributed by atoms with Crippen LogP contribution in [0.4, 0.5) is 0 Å². The van der Waals surface area contributed by atoms with Gasteiger partial charge in [0.2, 0.25) is 10.0 Å². The lowest BCUT2D eigenvalue weighted by Crippen LogP contribution is -2.42. The molecular weight excluding hydrogens is 306 g/mol. The van der Waals surface area contributed by atoms with Gasteiger partial charge in [-0.15, -0.1) is 0 Å². The van der Waals surface area contributed by atoms with Crippen LogP contribution >= 0.6 is 0 Å². The molecule has 23 heavy (non-hydrogen) atoms. The first-order valence-corrected chi connectivity index (χ1v) is 10.8. The number of nitrogens with two attached hydrogens (primary N) is 1. The van der Waals surface area contributed by atoms with Crippen molar-refractivity contribution < 1.29 is 8.42 Å². The van der Waals surface area contributed by atoms with Gasteiger partial charge in [0.25, 0.3) is 0 Å². The third kappa shape index (κ3) is 7.21. The van der Waals surface area contributed by atoms with E-state index in [0.717, 1.165) is 18.4 Å². The molecule has 0 aromatic carbocycles. The molecule has 134 valence electrons. The summed E-state index contributed by atoms with van der Waals surface area (Å²) in [6, 6.07) is 0. The molecule has 0 saturated heterocycles. The van der Waals surface area contributed by atoms with Gasteiger partial charge in [-0.25, -0.2) is 13.6 Å². The zero-order valence-corrected chi connectivity index (χ0v) is 15.8. The second-order valence-corrected chi connectivity index (χ2v) is 8.93. The van der Waals surface area contributed by atoms with Crippen molar-refractivity contribution in [2.45, 2.75) is 95.6 Å². The molecule has 0 radical (unpaired) electrons. The van der Waals surface area contributed by atoms with Gasteiger partial charge in [-0.2, -0.15) is 0 Å². The molecule has 1 atom stereocenters. The summed E-state index contributed by atoms with van der Waals surface area (Å²) in [6.45, 7) is 4.23. The Morgan fingerprint density at radius 2 is 1.52 bits per heavy atom. The molecular formula is C19H35NO2S.